The molecule has 6 rings (SSSR count). The molecule has 1 aliphatic carbocycles. The summed E-state index contributed by atoms with van der Waals surface area (Å²) in [6, 6.07) is 11.8. The van der Waals surface area contributed by atoms with Crippen molar-refractivity contribution in [2.45, 2.75) is 57.4 Å². The van der Waals surface area contributed by atoms with E-state index in [0.29, 0.717) is 31.1 Å². The molecule has 1 N–H and O–H groups in total. The first kappa shape index (κ1) is 29.0. The van der Waals surface area contributed by atoms with Gasteiger partial charge in [0.25, 0.3) is 5.91 Å². The van der Waals surface area contributed by atoms with Crippen LogP contribution in [0.3, 0.4) is 0 Å². The van der Waals surface area contributed by atoms with Gasteiger partial charge in [-0.1, -0.05) is 25.3 Å². The van der Waals surface area contributed by atoms with Crippen LogP contribution in [0, 0.1) is 5.92 Å². The van der Waals surface area contributed by atoms with Crippen molar-refractivity contribution in [2.24, 2.45) is 5.92 Å². The van der Waals surface area contributed by atoms with Gasteiger partial charge in [-0.25, -0.2) is 4.72 Å². The molecule has 1 aromatic heterocycles. The molecule has 1 amide bonds. The quantitative estimate of drug-likeness (QED) is 0.449. The maximum absolute atomic E-state index is 13.4. The number of nitrogens with zero attached hydrogens (tertiary/aromatic N) is 3. The zero-order chi connectivity index (χ0) is 29.4. The SMILES string of the molecule is COc1ccc2c(c1)OCC1CCN(C)CCCN(C)S(=O)(=O)NC(=O)c3ccc4c(C5CCCCC5)c-2n(c4c3)C1. The van der Waals surface area contributed by atoms with E-state index in [2.05, 4.69) is 27.3 Å². The van der Waals surface area contributed by atoms with Crippen LogP contribution in [0.1, 0.15) is 66.8 Å². The summed E-state index contributed by atoms with van der Waals surface area (Å²) in [7, 11) is 1.30. The predicted molar refractivity (Wildman–Crippen MR) is 164 cm³/mol. The van der Waals surface area contributed by atoms with Gasteiger partial charge in [-0.2, -0.15) is 12.7 Å². The van der Waals surface area contributed by atoms with Crippen LogP contribution in [0.5, 0.6) is 11.5 Å². The Bertz CT molecular complexity index is 1580. The summed E-state index contributed by atoms with van der Waals surface area (Å²) in [5.74, 6) is 1.61. The minimum absolute atomic E-state index is 0.244. The molecule has 0 radical (unpaired) electrons. The average molecular weight is 595 g/mol. The van der Waals surface area contributed by atoms with Crippen molar-refractivity contribution in [3.8, 4) is 22.8 Å². The molecule has 226 valence electrons. The maximum Gasteiger partial charge on any atom is 0.303 e. The Morgan fingerprint density at radius 2 is 1.76 bits per heavy atom. The fourth-order valence-corrected chi connectivity index (χ4v) is 7.77. The molecule has 1 saturated carbocycles. The third-order valence-electron chi connectivity index (χ3n) is 9.30. The van der Waals surface area contributed by atoms with Gasteiger partial charge in [-0.15, -0.1) is 0 Å². The highest BCUT2D eigenvalue weighted by molar-refractivity contribution is 7.87. The lowest BCUT2D eigenvalue weighted by Crippen LogP contribution is -2.42. The zero-order valence-electron chi connectivity index (χ0n) is 24.9. The van der Waals surface area contributed by atoms with Crippen molar-refractivity contribution < 1.29 is 22.7 Å². The third-order valence-corrected chi connectivity index (χ3v) is 10.7. The Labute approximate surface area is 248 Å². The molecule has 4 bridgehead atoms. The fourth-order valence-electron chi connectivity index (χ4n) is 6.89. The number of aromatic nitrogens is 1. The van der Waals surface area contributed by atoms with Crippen LogP contribution in [0.2, 0.25) is 0 Å². The molecule has 0 spiro atoms. The Balaban J connectivity index is 1.58. The minimum atomic E-state index is -3.96. The Kier molecular flexibility index (Phi) is 8.22. The van der Waals surface area contributed by atoms with E-state index in [0.717, 1.165) is 72.6 Å². The molecular weight excluding hydrogens is 552 g/mol. The highest BCUT2D eigenvalue weighted by Gasteiger charge is 2.32. The van der Waals surface area contributed by atoms with E-state index in [1.54, 1.807) is 13.2 Å². The van der Waals surface area contributed by atoms with Gasteiger partial charge < -0.3 is 18.9 Å². The van der Waals surface area contributed by atoms with Gasteiger partial charge in [0.05, 0.1) is 19.4 Å². The molecule has 3 aliphatic rings. The second-order valence-corrected chi connectivity index (χ2v) is 14.0. The van der Waals surface area contributed by atoms with E-state index in [-0.39, 0.29) is 5.92 Å². The molecule has 9 nitrogen and oxygen atoms in total. The van der Waals surface area contributed by atoms with Gasteiger partial charge in [-0.3, -0.25) is 4.79 Å². The molecule has 42 heavy (non-hydrogen) atoms. The molecule has 2 aliphatic heterocycles. The number of ether oxygens (including phenoxy) is 2. The Hall–Kier alpha value is -3.08. The molecule has 2 aromatic carbocycles. The van der Waals surface area contributed by atoms with Crippen LogP contribution >= 0.6 is 0 Å². The van der Waals surface area contributed by atoms with Gasteiger partial charge in [-0.05, 0) is 81.6 Å². The standard InChI is InChI=1S/C32H42N4O5S/c1-34-15-7-16-35(2)42(38,39)33-32(37)24-10-12-26-28(18-24)36-20-22(14-17-34)21-41-29-19-25(40-3)11-13-27(29)31(36)30(26)23-8-5-4-6-9-23/h10-13,18-19,22-23H,4-9,14-17,20-21H2,1-3H3,(H,33,37). The van der Waals surface area contributed by atoms with Crippen molar-refractivity contribution in [1.82, 2.24) is 18.5 Å². The third kappa shape index (κ3) is 5.64. The van der Waals surface area contributed by atoms with Crippen LogP contribution in [0.4, 0.5) is 0 Å². The number of carbonyl (C=O) groups excluding carboxylic acids is 1. The van der Waals surface area contributed by atoms with Crippen LogP contribution in [-0.2, 0) is 16.8 Å². The van der Waals surface area contributed by atoms with E-state index < -0.39 is 16.1 Å². The summed E-state index contributed by atoms with van der Waals surface area (Å²) in [6.45, 7) is 3.29. The number of hydrogen-bond donors (Lipinski definition) is 1. The number of nitrogens with one attached hydrogen (secondary N) is 1. The van der Waals surface area contributed by atoms with E-state index in [1.165, 1.54) is 36.2 Å². The Morgan fingerprint density at radius 3 is 2.55 bits per heavy atom. The molecular formula is C32H42N4O5S. The van der Waals surface area contributed by atoms with Crippen molar-refractivity contribution in [3.63, 3.8) is 0 Å². The molecule has 10 heteroatoms. The van der Waals surface area contributed by atoms with E-state index in [1.807, 2.05) is 24.3 Å². The first-order valence-corrected chi connectivity index (χ1v) is 16.6. The predicted octanol–water partition coefficient (Wildman–Crippen LogP) is 5.01. The first-order valence-electron chi connectivity index (χ1n) is 15.2. The lowest BCUT2D eigenvalue weighted by atomic mass is 9.81. The second-order valence-electron chi connectivity index (χ2n) is 12.2. The highest BCUT2D eigenvalue weighted by atomic mass is 32.2. The number of rotatable bonds is 2. The van der Waals surface area contributed by atoms with Crippen LogP contribution < -0.4 is 14.2 Å². The topological polar surface area (TPSA) is 93.1 Å². The van der Waals surface area contributed by atoms with E-state index in [4.69, 9.17) is 9.47 Å². The van der Waals surface area contributed by atoms with Gasteiger partial charge in [0, 0.05) is 54.2 Å². The molecule has 1 unspecified atom stereocenters. The summed E-state index contributed by atoms with van der Waals surface area (Å²) in [5, 5.41) is 1.13. The summed E-state index contributed by atoms with van der Waals surface area (Å²) in [5.41, 5.74) is 4.81. The van der Waals surface area contributed by atoms with Gasteiger partial charge in [0.15, 0.2) is 0 Å². The largest absolute Gasteiger partial charge is 0.497 e. The second kappa shape index (κ2) is 11.9. The number of fused-ring (bicyclic) bond motifs is 4. The van der Waals surface area contributed by atoms with Crippen molar-refractivity contribution in [2.75, 3.05) is 47.4 Å². The van der Waals surface area contributed by atoms with Crippen molar-refractivity contribution >= 4 is 27.0 Å². The lowest BCUT2D eigenvalue weighted by molar-refractivity contribution is 0.0979. The van der Waals surface area contributed by atoms with Crippen LogP contribution in [0.25, 0.3) is 22.2 Å². The number of benzene rings is 2. The van der Waals surface area contributed by atoms with Crippen LogP contribution in [-0.4, -0.2) is 75.5 Å². The molecule has 0 saturated heterocycles. The number of carbonyl (C=O) groups is 1. The minimum Gasteiger partial charge on any atom is -0.497 e. The number of methoxy groups -OCH3 is 1. The summed E-state index contributed by atoms with van der Waals surface area (Å²) in [6.07, 6.45) is 7.50. The van der Waals surface area contributed by atoms with E-state index >= 15 is 0 Å². The monoisotopic (exact) mass is 594 g/mol. The molecule has 3 heterocycles. The van der Waals surface area contributed by atoms with Crippen molar-refractivity contribution in [3.05, 3.63) is 47.5 Å². The van der Waals surface area contributed by atoms with Crippen LogP contribution in [0.15, 0.2) is 36.4 Å². The molecule has 3 aromatic rings. The lowest BCUT2D eigenvalue weighted by Gasteiger charge is -2.29. The normalized spacial score (nSPS) is 22.7. The molecule has 1 fully saturated rings. The summed E-state index contributed by atoms with van der Waals surface area (Å²) < 4.78 is 44.1. The average Bonchev–Trinajstić information content (AvgIpc) is 3.29. The van der Waals surface area contributed by atoms with Crippen molar-refractivity contribution in [1.29, 1.82) is 0 Å². The van der Waals surface area contributed by atoms with Gasteiger partial charge in [0.1, 0.15) is 11.5 Å². The van der Waals surface area contributed by atoms with E-state index in [9.17, 15) is 13.2 Å². The summed E-state index contributed by atoms with van der Waals surface area (Å²) in [4.78, 5) is 15.6. The van der Waals surface area contributed by atoms with Gasteiger partial charge in [0.2, 0.25) is 0 Å². The highest BCUT2D eigenvalue weighted by Crippen LogP contribution is 2.48. The summed E-state index contributed by atoms with van der Waals surface area (Å²) >= 11 is 0. The number of amides is 1. The fraction of sp³-hybridized carbons (Fsp3) is 0.531. The zero-order valence-corrected chi connectivity index (χ0v) is 25.7. The maximum atomic E-state index is 13.4. The van der Waals surface area contributed by atoms with Gasteiger partial charge >= 0.3 is 10.2 Å². The first-order chi connectivity index (χ1) is 20.2. The smallest absolute Gasteiger partial charge is 0.303 e. The Morgan fingerprint density at radius 1 is 0.952 bits per heavy atom. The molecule has 1 atom stereocenters. The number of hydrogen-bond acceptors (Lipinski definition) is 6.